The quantitative estimate of drug-likeness (QED) is 0.875. The van der Waals surface area contributed by atoms with Crippen LogP contribution in [0.4, 0.5) is 5.82 Å². The first-order valence-corrected chi connectivity index (χ1v) is 7.69. The Morgan fingerprint density at radius 3 is 2.92 bits per heavy atom. The summed E-state index contributed by atoms with van der Waals surface area (Å²) in [5, 5.41) is 22.4. The lowest BCUT2D eigenvalue weighted by atomic mass is 10.0. The van der Waals surface area contributed by atoms with Gasteiger partial charge in [-0.2, -0.15) is 5.26 Å². The number of carbonyl (C=O) groups excluding carboxylic acids is 1. The van der Waals surface area contributed by atoms with Crippen LogP contribution in [-0.2, 0) is 0 Å². The minimum absolute atomic E-state index is 0.183. The molecule has 0 aromatic carbocycles. The number of anilines is 1. The number of nitrogens with zero attached hydrogens (tertiary/aromatic N) is 4. The first-order valence-electron chi connectivity index (χ1n) is 7.69. The van der Waals surface area contributed by atoms with E-state index in [9.17, 15) is 9.90 Å². The van der Waals surface area contributed by atoms with Crippen molar-refractivity contribution in [1.29, 1.82) is 5.26 Å². The standard InChI is InChI=1S/C17H17N5O2/c18-10-12-4-3-6-16(20-12)21-13-7-9-22(11-15(13)23)17(24)14-5-1-2-8-19-14/h1-6,8,13,15,23H,7,9,11H2,(H,20,21)/t13-,15-/m1/s1. The van der Waals surface area contributed by atoms with Gasteiger partial charge in [-0.3, -0.25) is 9.78 Å². The van der Waals surface area contributed by atoms with Crippen LogP contribution in [0, 0.1) is 11.3 Å². The maximum Gasteiger partial charge on any atom is 0.272 e. The maximum absolute atomic E-state index is 12.4. The number of rotatable bonds is 3. The first kappa shape index (κ1) is 15.9. The molecule has 0 aliphatic carbocycles. The third-order valence-electron chi connectivity index (χ3n) is 3.95. The molecule has 0 saturated carbocycles. The van der Waals surface area contributed by atoms with Crippen LogP contribution in [-0.4, -0.2) is 51.1 Å². The lowest BCUT2D eigenvalue weighted by Gasteiger charge is -2.36. The third kappa shape index (κ3) is 3.50. The number of pyridine rings is 2. The highest BCUT2D eigenvalue weighted by Gasteiger charge is 2.31. The van der Waals surface area contributed by atoms with E-state index in [1.165, 1.54) is 0 Å². The first-order chi connectivity index (χ1) is 11.7. The summed E-state index contributed by atoms with van der Waals surface area (Å²) in [6.07, 6.45) is 1.43. The fourth-order valence-electron chi connectivity index (χ4n) is 2.70. The van der Waals surface area contributed by atoms with Gasteiger partial charge in [0, 0.05) is 19.3 Å². The summed E-state index contributed by atoms with van der Waals surface area (Å²) >= 11 is 0. The molecule has 0 bridgehead atoms. The molecule has 1 aliphatic rings. The molecule has 0 radical (unpaired) electrons. The van der Waals surface area contributed by atoms with Gasteiger partial charge in [0.15, 0.2) is 0 Å². The number of aliphatic hydroxyl groups excluding tert-OH is 1. The topological polar surface area (TPSA) is 102 Å². The predicted molar refractivity (Wildman–Crippen MR) is 87.1 cm³/mol. The van der Waals surface area contributed by atoms with E-state index in [1.54, 1.807) is 47.5 Å². The summed E-state index contributed by atoms with van der Waals surface area (Å²) in [5.41, 5.74) is 0.691. The molecular formula is C17H17N5O2. The molecule has 3 heterocycles. The molecule has 2 aromatic rings. The SMILES string of the molecule is N#Cc1cccc(N[C@@H]2CCN(C(=O)c3ccccn3)C[C@H]2O)n1. The van der Waals surface area contributed by atoms with Gasteiger partial charge in [0.1, 0.15) is 23.3 Å². The van der Waals surface area contributed by atoms with Gasteiger partial charge in [-0.05, 0) is 30.7 Å². The largest absolute Gasteiger partial charge is 0.389 e. The van der Waals surface area contributed by atoms with Crippen molar-refractivity contribution in [2.24, 2.45) is 0 Å². The molecule has 7 heteroatoms. The van der Waals surface area contributed by atoms with Gasteiger partial charge in [-0.1, -0.05) is 12.1 Å². The second-order valence-electron chi connectivity index (χ2n) is 5.59. The Morgan fingerprint density at radius 2 is 2.21 bits per heavy atom. The Bertz CT molecular complexity index is 759. The number of β-amino-alcohol motifs (C(OH)–C–C–N with tert-alkyl or cyclic N) is 1. The summed E-state index contributed by atoms with van der Waals surface area (Å²) in [7, 11) is 0. The van der Waals surface area contributed by atoms with Crippen LogP contribution in [0.3, 0.4) is 0 Å². The van der Waals surface area contributed by atoms with Crippen molar-refractivity contribution >= 4 is 11.7 Å². The number of hydrogen-bond donors (Lipinski definition) is 2. The molecule has 3 rings (SSSR count). The van der Waals surface area contributed by atoms with Gasteiger partial charge in [0.25, 0.3) is 5.91 Å². The Morgan fingerprint density at radius 1 is 1.33 bits per heavy atom. The molecule has 1 saturated heterocycles. The number of carbonyl (C=O) groups is 1. The lowest BCUT2D eigenvalue weighted by Crippen LogP contribution is -2.51. The molecule has 7 nitrogen and oxygen atoms in total. The van der Waals surface area contributed by atoms with E-state index in [2.05, 4.69) is 15.3 Å². The molecule has 0 spiro atoms. The van der Waals surface area contributed by atoms with Crippen LogP contribution in [0.1, 0.15) is 22.6 Å². The number of amides is 1. The van der Waals surface area contributed by atoms with Crippen molar-refractivity contribution in [1.82, 2.24) is 14.9 Å². The van der Waals surface area contributed by atoms with Crippen LogP contribution in [0.15, 0.2) is 42.6 Å². The maximum atomic E-state index is 12.4. The highest BCUT2D eigenvalue weighted by atomic mass is 16.3. The monoisotopic (exact) mass is 323 g/mol. The van der Waals surface area contributed by atoms with E-state index < -0.39 is 6.10 Å². The zero-order valence-corrected chi connectivity index (χ0v) is 13.0. The zero-order valence-electron chi connectivity index (χ0n) is 13.0. The Balaban J connectivity index is 1.63. The van der Waals surface area contributed by atoms with Crippen molar-refractivity contribution in [2.75, 3.05) is 18.4 Å². The highest BCUT2D eigenvalue weighted by Crippen LogP contribution is 2.17. The van der Waals surface area contributed by atoms with E-state index in [0.717, 1.165) is 0 Å². The fraction of sp³-hybridized carbons (Fsp3) is 0.294. The van der Waals surface area contributed by atoms with E-state index in [1.807, 2.05) is 6.07 Å². The van der Waals surface area contributed by atoms with Crippen LogP contribution in [0.5, 0.6) is 0 Å². The van der Waals surface area contributed by atoms with Crippen LogP contribution >= 0.6 is 0 Å². The summed E-state index contributed by atoms with van der Waals surface area (Å²) in [5.74, 6) is 0.361. The molecule has 1 aliphatic heterocycles. The lowest BCUT2D eigenvalue weighted by molar-refractivity contribution is 0.0421. The summed E-state index contributed by atoms with van der Waals surface area (Å²) in [4.78, 5) is 22.2. The minimum atomic E-state index is -0.723. The molecule has 2 N–H and O–H groups in total. The van der Waals surface area contributed by atoms with E-state index >= 15 is 0 Å². The Labute approximate surface area is 139 Å². The number of nitriles is 1. The van der Waals surface area contributed by atoms with Crippen molar-refractivity contribution in [3.8, 4) is 6.07 Å². The second kappa shape index (κ2) is 7.06. The molecule has 24 heavy (non-hydrogen) atoms. The van der Waals surface area contributed by atoms with Crippen LogP contribution in [0.2, 0.25) is 0 Å². The van der Waals surface area contributed by atoms with Gasteiger partial charge in [-0.15, -0.1) is 0 Å². The Kier molecular flexibility index (Phi) is 4.68. The smallest absolute Gasteiger partial charge is 0.272 e. The van der Waals surface area contributed by atoms with Crippen LogP contribution < -0.4 is 5.32 Å². The minimum Gasteiger partial charge on any atom is -0.389 e. The molecule has 0 unspecified atom stereocenters. The number of likely N-dealkylation sites (tertiary alicyclic amines) is 1. The van der Waals surface area contributed by atoms with E-state index in [-0.39, 0.29) is 18.5 Å². The molecule has 2 atom stereocenters. The van der Waals surface area contributed by atoms with Crippen molar-refractivity contribution in [3.05, 3.63) is 54.0 Å². The van der Waals surface area contributed by atoms with Crippen LogP contribution in [0.25, 0.3) is 0 Å². The van der Waals surface area contributed by atoms with E-state index in [0.29, 0.717) is 30.2 Å². The number of hydrogen-bond acceptors (Lipinski definition) is 6. The third-order valence-corrected chi connectivity index (χ3v) is 3.95. The molecule has 122 valence electrons. The average molecular weight is 323 g/mol. The van der Waals surface area contributed by atoms with Gasteiger partial charge in [-0.25, -0.2) is 4.98 Å². The average Bonchev–Trinajstić information content (AvgIpc) is 2.63. The van der Waals surface area contributed by atoms with Gasteiger partial charge < -0.3 is 15.3 Å². The molecule has 1 amide bonds. The van der Waals surface area contributed by atoms with Gasteiger partial charge >= 0.3 is 0 Å². The molecular weight excluding hydrogens is 306 g/mol. The second-order valence-corrected chi connectivity index (χ2v) is 5.59. The Hall–Kier alpha value is -2.98. The number of piperidine rings is 1. The van der Waals surface area contributed by atoms with Crippen molar-refractivity contribution < 1.29 is 9.90 Å². The van der Waals surface area contributed by atoms with Crippen molar-refractivity contribution in [3.63, 3.8) is 0 Å². The van der Waals surface area contributed by atoms with E-state index in [4.69, 9.17) is 5.26 Å². The normalized spacial score (nSPS) is 20.2. The predicted octanol–water partition coefficient (Wildman–Crippen LogP) is 1.04. The van der Waals surface area contributed by atoms with Gasteiger partial charge in [0.05, 0.1) is 12.1 Å². The number of aliphatic hydroxyl groups is 1. The summed E-state index contributed by atoms with van der Waals surface area (Å²) < 4.78 is 0. The highest BCUT2D eigenvalue weighted by molar-refractivity contribution is 5.92. The molecule has 2 aromatic heterocycles. The van der Waals surface area contributed by atoms with Crippen molar-refractivity contribution in [2.45, 2.75) is 18.6 Å². The molecule has 1 fully saturated rings. The summed E-state index contributed by atoms with van der Waals surface area (Å²) in [6, 6.07) is 12.0. The zero-order chi connectivity index (χ0) is 16.9. The van der Waals surface area contributed by atoms with Gasteiger partial charge in [0.2, 0.25) is 0 Å². The number of aromatic nitrogens is 2. The summed E-state index contributed by atoms with van der Waals surface area (Å²) in [6.45, 7) is 0.743. The fourth-order valence-corrected chi connectivity index (χ4v) is 2.70. The number of nitrogens with one attached hydrogen (secondary N) is 1.